The zero-order valence-corrected chi connectivity index (χ0v) is 50.1. The summed E-state index contributed by atoms with van der Waals surface area (Å²) in [5.74, 6) is -1.46. The lowest BCUT2D eigenvalue weighted by Crippen LogP contribution is -2.31. The molecule has 0 radical (unpaired) electrons. The molecule has 4 aliphatic rings. The fourth-order valence-corrected chi connectivity index (χ4v) is 13.1. The van der Waals surface area contributed by atoms with E-state index >= 15 is 0 Å². The topological polar surface area (TPSA) is 289 Å². The predicted molar refractivity (Wildman–Crippen MR) is 310 cm³/mol. The Morgan fingerprint density at radius 3 is 2.07 bits per heavy atom. The maximum absolute atomic E-state index is 12.4. The lowest BCUT2D eigenvalue weighted by molar-refractivity contribution is -0.438. The average Bonchev–Trinajstić information content (AvgIpc) is 4.15. The number of hydrogen-bond donors (Lipinski definition) is 5. The van der Waals surface area contributed by atoms with Crippen molar-refractivity contribution < 1.29 is 72.5 Å². The van der Waals surface area contributed by atoms with Gasteiger partial charge in [0.1, 0.15) is 6.54 Å². The van der Waals surface area contributed by atoms with E-state index in [0.29, 0.717) is 75.3 Å². The quantitative estimate of drug-likeness (QED) is 0.00829. The number of rotatable bonds is 34. The second-order valence-electron chi connectivity index (χ2n) is 22.0. The number of unbranched alkanes of at least 4 members (excludes halogenated alkanes) is 10. The van der Waals surface area contributed by atoms with Crippen LogP contribution in [0.2, 0.25) is 0 Å². The molecule has 3 heterocycles. The normalized spacial score (nSPS) is 18.1. The minimum absolute atomic E-state index is 0.00576. The zero-order valence-electron chi connectivity index (χ0n) is 46.8. The molecule has 0 aromatic heterocycles. The van der Waals surface area contributed by atoms with Gasteiger partial charge in [-0.25, -0.2) is 13.7 Å². The molecule has 2 aromatic rings. The number of fused-ring (bicyclic) bond motifs is 2. The molecule has 3 aliphatic heterocycles. The first-order chi connectivity index (χ1) is 38.3. The maximum atomic E-state index is 12.4. The summed E-state index contributed by atoms with van der Waals surface area (Å²) in [6.45, 7) is 10.5. The van der Waals surface area contributed by atoms with Gasteiger partial charge < -0.3 is 20.1 Å². The number of nitrogens with one attached hydrogen (secondary N) is 2. The molecular formula is C57H79N5O15S4. The Kier molecular flexibility index (Phi) is 23.7. The first-order valence-electron chi connectivity index (χ1n) is 27.9. The van der Waals surface area contributed by atoms with Crippen molar-refractivity contribution in [1.29, 1.82) is 0 Å². The molecule has 3 amide bonds. The van der Waals surface area contributed by atoms with Crippen LogP contribution in [0.25, 0.3) is 0 Å². The van der Waals surface area contributed by atoms with Crippen LogP contribution in [0.4, 0.5) is 11.4 Å². The Bertz CT molecular complexity index is 3130. The molecule has 20 nitrogen and oxygen atoms in total. The highest BCUT2D eigenvalue weighted by Gasteiger charge is 2.45. The van der Waals surface area contributed by atoms with Gasteiger partial charge in [-0.2, -0.15) is 21.4 Å². The average molecular weight is 1200 g/mol. The Balaban J connectivity index is 1.19. The number of nitrogens with zero attached hydrogens (tertiary/aromatic N) is 3. The van der Waals surface area contributed by atoms with Gasteiger partial charge in [-0.1, -0.05) is 69.6 Å². The Morgan fingerprint density at radius 1 is 0.741 bits per heavy atom. The number of imide groups is 1. The number of benzene rings is 2. The SMILES string of the molecule is CC1(C)C(/C=C/C2=C(NCCCCCCCCCCC(=O)NCCCCN3C(=O)C=CC3=O)C(=C/C=C3/N(CCCCS(=O)(=O)O)c4ccc(S(=O)(=O)O)cc4C3(C)C)/CCC2)=[N+](CCCCS(=O)(=O)[O-])c2ccc(SOOO)cc21. The number of hydrogen-bond acceptors (Lipinski definition) is 16. The van der Waals surface area contributed by atoms with E-state index in [2.05, 4.69) is 52.3 Å². The van der Waals surface area contributed by atoms with Gasteiger partial charge in [-0.15, -0.1) is 4.33 Å². The van der Waals surface area contributed by atoms with E-state index in [4.69, 9.17) is 9.59 Å². The van der Waals surface area contributed by atoms with Crippen molar-refractivity contribution in [3.05, 3.63) is 107 Å². The third kappa shape index (κ3) is 18.7. The molecule has 0 bridgehead atoms. The fraction of sp³-hybridized carbons (Fsp3) is 0.544. The van der Waals surface area contributed by atoms with Gasteiger partial charge in [0, 0.05) is 102 Å². The van der Waals surface area contributed by atoms with Crippen molar-refractivity contribution in [1.82, 2.24) is 15.5 Å². The molecule has 0 saturated heterocycles. The predicted octanol–water partition coefficient (Wildman–Crippen LogP) is 9.26. The van der Waals surface area contributed by atoms with Crippen molar-refractivity contribution in [2.75, 3.05) is 49.1 Å². The lowest BCUT2D eigenvalue weighted by Gasteiger charge is -2.28. The van der Waals surface area contributed by atoms with Crippen LogP contribution in [0, 0.1) is 0 Å². The van der Waals surface area contributed by atoms with E-state index in [1.807, 2.05) is 43.0 Å². The summed E-state index contributed by atoms with van der Waals surface area (Å²) >= 11 is 0.851. The fourth-order valence-electron chi connectivity index (χ4n) is 11.1. The Labute approximate surface area is 482 Å². The molecule has 0 atom stereocenters. The van der Waals surface area contributed by atoms with E-state index in [9.17, 15) is 53.3 Å². The van der Waals surface area contributed by atoms with Crippen molar-refractivity contribution in [3.8, 4) is 0 Å². The molecule has 1 aliphatic carbocycles. The Morgan fingerprint density at radius 2 is 1.40 bits per heavy atom. The molecule has 24 heteroatoms. The minimum atomic E-state index is -4.53. The molecule has 0 spiro atoms. The van der Waals surface area contributed by atoms with Crippen LogP contribution in [0.15, 0.2) is 105 Å². The van der Waals surface area contributed by atoms with Crippen LogP contribution in [-0.2, 0) is 64.9 Å². The van der Waals surface area contributed by atoms with Gasteiger partial charge in [0.05, 0.1) is 38.2 Å². The highest BCUT2D eigenvalue weighted by molar-refractivity contribution is 7.94. The van der Waals surface area contributed by atoms with Crippen LogP contribution in [0.1, 0.15) is 154 Å². The van der Waals surface area contributed by atoms with Crippen molar-refractivity contribution >= 4 is 77.2 Å². The first-order valence-corrected chi connectivity index (χ1v) is 33.3. The summed E-state index contributed by atoms with van der Waals surface area (Å²) in [5, 5.41) is 19.5. The molecule has 0 unspecified atom stereocenters. The molecule has 81 heavy (non-hydrogen) atoms. The van der Waals surface area contributed by atoms with E-state index in [-0.39, 0.29) is 35.5 Å². The van der Waals surface area contributed by atoms with Gasteiger partial charge in [-0.3, -0.25) is 28.4 Å². The summed E-state index contributed by atoms with van der Waals surface area (Å²) in [7, 11) is -13.1. The summed E-state index contributed by atoms with van der Waals surface area (Å²) in [5.41, 5.74) is 6.85. The van der Waals surface area contributed by atoms with Crippen LogP contribution < -0.4 is 15.5 Å². The van der Waals surface area contributed by atoms with Gasteiger partial charge in [0.15, 0.2) is 5.71 Å². The first kappa shape index (κ1) is 65.1. The number of carbonyl (C=O) groups is 3. The van der Waals surface area contributed by atoms with E-state index in [1.54, 1.807) is 6.07 Å². The van der Waals surface area contributed by atoms with Gasteiger partial charge >= 0.3 is 0 Å². The number of amides is 3. The summed E-state index contributed by atoms with van der Waals surface area (Å²) in [6, 6.07) is 10.2. The van der Waals surface area contributed by atoms with Crippen LogP contribution in [0.3, 0.4) is 0 Å². The monoisotopic (exact) mass is 1200 g/mol. The second-order valence-corrected chi connectivity index (χ2v) is 27.3. The number of allylic oxidation sites excluding steroid dienone is 7. The van der Waals surface area contributed by atoms with Crippen LogP contribution in [-0.4, -0.2) is 121 Å². The van der Waals surface area contributed by atoms with Gasteiger partial charge in [0.2, 0.25) is 11.6 Å². The summed E-state index contributed by atoms with van der Waals surface area (Å²) < 4.78 is 109. The van der Waals surface area contributed by atoms with Crippen LogP contribution >= 0.6 is 12.0 Å². The van der Waals surface area contributed by atoms with E-state index in [1.165, 1.54) is 29.2 Å². The summed E-state index contributed by atoms with van der Waals surface area (Å²) in [4.78, 5) is 39.5. The second kappa shape index (κ2) is 29.5. The summed E-state index contributed by atoms with van der Waals surface area (Å²) in [6.07, 6.45) is 24.1. The molecule has 5 N–H and O–H groups in total. The Hall–Kier alpha value is -5.02. The molecule has 0 fully saturated rings. The third-order valence-electron chi connectivity index (χ3n) is 15.3. The molecular weight excluding hydrogens is 1120 g/mol. The van der Waals surface area contributed by atoms with Gasteiger partial charge in [-0.05, 0) is 131 Å². The molecule has 6 rings (SSSR count). The number of carbonyl (C=O) groups excluding carboxylic acids is 3. The highest BCUT2D eigenvalue weighted by Crippen LogP contribution is 2.49. The largest absolute Gasteiger partial charge is 0.748 e. The third-order valence-corrected chi connectivity index (χ3v) is 18.3. The lowest BCUT2D eigenvalue weighted by atomic mass is 9.81. The maximum Gasteiger partial charge on any atom is 0.294 e. The molecule has 0 saturated carbocycles. The van der Waals surface area contributed by atoms with E-state index < -0.39 is 52.7 Å². The smallest absolute Gasteiger partial charge is 0.294 e. The molecule has 2 aromatic carbocycles. The van der Waals surface area contributed by atoms with Crippen molar-refractivity contribution in [2.24, 2.45) is 0 Å². The van der Waals surface area contributed by atoms with E-state index in [0.717, 1.165) is 128 Å². The highest BCUT2D eigenvalue weighted by atomic mass is 32.2. The van der Waals surface area contributed by atoms with Crippen LogP contribution in [0.5, 0.6) is 0 Å². The standard InChI is InChI=1S/C57H79N5O15S4/c1-56(2)46-40-44(78-77-76-66)25-27-48(46)60(35-15-17-38-79(67,68)69)50(56)29-23-42-20-19-21-43(24-30-51-57(3,4)47-41-45(81(73,74)75)26-28-49(47)61(51)36-16-18-39-80(70,71)72)55(42)59-34-12-10-8-6-5-7-9-11-22-52(63)58-33-13-14-37-62-53(64)31-32-54(62)65/h23-32,40-41H,5-22,33-39H2,1-4H3,(H5,58,63,66,67,68,69,70,71,72,73,74,75)/b43-24+,51-30+. The molecule has 446 valence electrons. The van der Waals surface area contributed by atoms with Crippen molar-refractivity contribution in [3.63, 3.8) is 0 Å². The van der Waals surface area contributed by atoms with Gasteiger partial charge in [0.25, 0.3) is 32.1 Å². The zero-order chi connectivity index (χ0) is 59.0. The minimum Gasteiger partial charge on any atom is -0.748 e. The van der Waals surface area contributed by atoms with Crippen molar-refractivity contribution in [2.45, 2.75) is 164 Å². The number of anilines is 1.